The van der Waals surface area contributed by atoms with Gasteiger partial charge in [-0.3, -0.25) is 18.7 Å². The van der Waals surface area contributed by atoms with E-state index in [-0.39, 0.29) is 18.0 Å². The number of hydrogen-bond donors (Lipinski definition) is 1. The number of carbonyl (C=O) groups is 1. The second-order valence-electron chi connectivity index (χ2n) is 6.36. The van der Waals surface area contributed by atoms with Crippen LogP contribution >= 0.6 is 0 Å². The molecular weight excluding hydrogens is 320 g/mol. The fourth-order valence-electron chi connectivity index (χ4n) is 3.08. The van der Waals surface area contributed by atoms with E-state index >= 15 is 0 Å². The Bertz CT molecular complexity index is 857. The van der Waals surface area contributed by atoms with Crippen molar-refractivity contribution in [3.8, 4) is 0 Å². The molecular formula is C18H22N4O3. The Morgan fingerprint density at radius 3 is 2.72 bits per heavy atom. The van der Waals surface area contributed by atoms with Gasteiger partial charge in [0.1, 0.15) is 6.54 Å². The second kappa shape index (κ2) is 7.38. The summed E-state index contributed by atoms with van der Waals surface area (Å²) in [5, 5.41) is 2.89. The average molecular weight is 342 g/mol. The smallest absolute Gasteiger partial charge is 0.331 e. The molecule has 1 aliphatic heterocycles. The Kier molecular flexibility index (Phi) is 5.02. The van der Waals surface area contributed by atoms with Crippen LogP contribution in [0.2, 0.25) is 0 Å². The number of amides is 1. The van der Waals surface area contributed by atoms with Gasteiger partial charge in [0.05, 0.1) is 0 Å². The van der Waals surface area contributed by atoms with Crippen LogP contribution in [-0.4, -0.2) is 34.7 Å². The summed E-state index contributed by atoms with van der Waals surface area (Å²) < 4.78 is 2.23. The van der Waals surface area contributed by atoms with Crippen molar-refractivity contribution in [1.29, 1.82) is 0 Å². The lowest BCUT2D eigenvalue weighted by atomic mass is 10.1. The van der Waals surface area contributed by atoms with Crippen molar-refractivity contribution in [1.82, 2.24) is 14.5 Å². The highest BCUT2D eigenvalue weighted by Crippen LogP contribution is 2.22. The summed E-state index contributed by atoms with van der Waals surface area (Å²) in [6, 6.07) is 11.5. The van der Waals surface area contributed by atoms with Gasteiger partial charge in [-0.2, -0.15) is 0 Å². The molecule has 1 N–H and O–H groups in total. The van der Waals surface area contributed by atoms with E-state index < -0.39 is 5.69 Å². The van der Waals surface area contributed by atoms with Crippen LogP contribution in [0.3, 0.4) is 0 Å². The van der Waals surface area contributed by atoms with Crippen molar-refractivity contribution in [3.05, 3.63) is 63.4 Å². The van der Waals surface area contributed by atoms with Crippen LogP contribution < -0.4 is 21.5 Å². The van der Waals surface area contributed by atoms with Crippen molar-refractivity contribution in [2.24, 2.45) is 13.0 Å². The molecule has 0 unspecified atom stereocenters. The van der Waals surface area contributed by atoms with Crippen molar-refractivity contribution >= 4 is 11.6 Å². The molecule has 25 heavy (non-hydrogen) atoms. The highest BCUT2D eigenvalue weighted by Gasteiger charge is 2.23. The number of anilines is 1. The van der Waals surface area contributed by atoms with Crippen LogP contribution in [0.4, 0.5) is 5.69 Å². The van der Waals surface area contributed by atoms with Crippen molar-refractivity contribution < 1.29 is 4.79 Å². The van der Waals surface area contributed by atoms with E-state index in [2.05, 4.69) is 22.3 Å². The predicted octanol–water partition coefficient (Wildman–Crippen LogP) is 0.190. The van der Waals surface area contributed by atoms with Crippen molar-refractivity contribution in [3.63, 3.8) is 0 Å². The molecule has 1 fully saturated rings. The molecule has 1 amide bonds. The number of benzene rings is 1. The Balaban J connectivity index is 1.51. The number of rotatable bonds is 5. The van der Waals surface area contributed by atoms with Gasteiger partial charge in [0.2, 0.25) is 5.91 Å². The second-order valence-corrected chi connectivity index (χ2v) is 6.36. The normalized spacial score (nSPS) is 16.8. The van der Waals surface area contributed by atoms with Gasteiger partial charge in [0.15, 0.2) is 0 Å². The number of aromatic nitrogens is 2. The zero-order valence-corrected chi connectivity index (χ0v) is 14.2. The zero-order valence-electron chi connectivity index (χ0n) is 14.2. The molecule has 0 spiro atoms. The first kappa shape index (κ1) is 17.0. The van der Waals surface area contributed by atoms with Crippen LogP contribution in [0, 0.1) is 5.92 Å². The first-order chi connectivity index (χ1) is 12.0. The standard InChI is InChI=1S/C18H22N4O3/c1-20-17(24)8-10-22(18(20)25)13-16(23)19-11-14-7-9-21(12-14)15-5-3-2-4-6-15/h2-6,8,10,14H,7,9,11-13H2,1H3,(H,19,23)/t14-/m0/s1. The quantitative estimate of drug-likeness (QED) is 0.842. The Hall–Kier alpha value is -2.83. The average Bonchev–Trinajstić information content (AvgIpc) is 3.10. The van der Waals surface area contributed by atoms with Crippen LogP contribution in [-0.2, 0) is 18.4 Å². The number of carbonyl (C=O) groups excluding carboxylic acids is 1. The first-order valence-corrected chi connectivity index (χ1v) is 8.38. The van der Waals surface area contributed by atoms with Crippen molar-refractivity contribution in [2.45, 2.75) is 13.0 Å². The number of nitrogens with one attached hydrogen (secondary N) is 1. The molecule has 1 saturated heterocycles. The molecule has 132 valence electrons. The third kappa shape index (κ3) is 3.99. The summed E-state index contributed by atoms with van der Waals surface area (Å²) in [6.45, 7) is 2.39. The van der Waals surface area contributed by atoms with Gasteiger partial charge in [-0.15, -0.1) is 0 Å². The Morgan fingerprint density at radius 1 is 1.20 bits per heavy atom. The molecule has 1 aromatic heterocycles. The monoisotopic (exact) mass is 342 g/mol. The molecule has 7 heteroatoms. The number of para-hydroxylation sites is 1. The summed E-state index contributed by atoms with van der Waals surface area (Å²) in [7, 11) is 1.40. The fourth-order valence-corrected chi connectivity index (χ4v) is 3.08. The number of hydrogen-bond acceptors (Lipinski definition) is 4. The summed E-state index contributed by atoms with van der Waals surface area (Å²) >= 11 is 0. The summed E-state index contributed by atoms with van der Waals surface area (Å²) in [5.41, 5.74) is 0.334. The molecule has 2 aromatic rings. The lowest BCUT2D eigenvalue weighted by Gasteiger charge is -2.18. The Labute approximate surface area is 145 Å². The van der Waals surface area contributed by atoms with E-state index in [1.54, 1.807) is 0 Å². The maximum atomic E-state index is 12.1. The SMILES string of the molecule is Cn1c(=O)ccn(CC(=O)NC[C@@H]2CCN(c3ccccc3)C2)c1=O. The van der Waals surface area contributed by atoms with Crippen LogP contribution in [0.25, 0.3) is 0 Å². The summed E-state index contributed by atoms with van der Waals surface area (Å²) in [6.07, 6.45) is 2.38. The molecule has 0 radical (unpaired) electrons. The van der Waals surface area contributed by atoms with Gasteiger partial charge < -0.3 is 10.2 Å². The van der Waals surface area contributed by atoms with E-state index in [9.17, 15) is 14.4 Å². The van der Waals surface area contributed by atoms with Crippen molar-refractivity contribution in [2.75, 3.05) is 24.5 Å². The molecule has 0 saturated carbocycles. The van der Waals surface area contributed by atoms with E-state index in [1.165, 1.54) is 29.6 Å². The lowest BCUT2D eigenvalue weighted by Crippen LogP contribution is -2.41. The van der Waals surface area contributed by atoms with Crippen LogP contribution in [0.15, 0.2) is 52.2 Å². The summed E-state index contributed by atoms with van der Waals surface area (Å²) in [4.78, 5) is 37.7. The van der Waals surface area contributed by atoms with Gasteiger partial charge in [0.25, 0.3) is 5.56 Å². The van der Waals surface area contributed by atoms with Gasteiger partial charge in [-0.25, -0.2) is 4.79 Å². The van der Waals surface area contributed by atoms with E-state index in [4.69, 9.17) is 0 Å². The van der Waals surface area contributed by atoms with Crippen LogP contribution in [0.5, 0.6) is 0 Å². The highest BCUT2D eigenvalue weighted by atomic mass is 16.2. The molecule has 0 bridgehead atoms. The van der Waals surface area contributed by atoms with E-state index in [0.717, 1.165) is 24.1 Å². The molecule has 0 aliphatic carbocycles. The van der Waals surface area contributed by atoms with Gasteiger partial charge >= 0.3 is 5.69 Å². The van der Waals surface area contributed by atoms with Crippen LogP contribution in [0.1, 0.15) is 6.42 Å². The Morgan fingerprint density at radius 2 is 1.96 bits per heavy atom. The largest absolute Gasteiger partial charge is 0.371 e. The minimum atomic E-state index is -0.487. The van der Waals surface area contributed by atoms with E-state index in [0.29, 0.717) is 12.5 Å². The highest BCUT2D eigenvalue weighted by molar-refractivity contribution is 5.75. The molecule has 2 heterocycles. The predicted molar refractivity (Wildman–Crippen MR) is 95.7 cm³/mol. The maximum Gasteiger partial charge on any atom is 0.331 e. The fraction of sp³-hybridized carbons (Fsp3) is 0.389. The number of nitrogens with zero attached hydrogens (tertiary/aromatic N) is 3. The third-order valence-electron chi connectivity index (χ3n) is 4.57. The maximum absolute atomic E-state index is 12.1. The molecule has 3 rings (SSSR count). The molecule has 1 aromatic carbocycles. The molecule has 1 atom stereocenters. The van der Waals surface area contributed by atoms with Gasteiger partial charge in [0, 0.05) is 44.6 Å². The van der Waals surface area contributed by atoms with Gasteiger partial charge in [-0.05, 0) is 24.5 Å². The molecule has 7 nitrogen and oxygen atoms in total. The zero-order chi connectivity index (χ0) is 17.8. The topological polar surface area (TPSA) is 76.3 Å². The van der Waals surface area contributed by atoms with Gasteiger partial charge in [-0.1, -0.05) is 18.2 Å². The third-order valence-corrected chi connectivity index (χ3v) is 4.57. The summed E-state index contributed by atoms with van der Waals surface area (Å²) in [5.74, 6) is 0.167. The minimum absolute atomic E-state index is 0.0813. The molecule has 1 aliphatic rings. The lowest BCUT2D eigenvalue weighted by molar-refractivity contribution is -0.121. The van der Waals surface area contributed by atoms with E-state index in [1.807, 2.05) is 18.2 Å². The minimum Gasteiger partial charge on any atom is -0.371 e. The first-order valence-electron chi connectivity index (χ1n) is 8.38.